The van der Waals surface area contributed by atoms with Gasteiger partial charge in [0.1, 0.15) is 30.4 Å². The van der Waals surface area contributed by atoms with Crippen molar-refractivity contribution >= 4 is 29.6 Å². The van der Waals surface area contributed by atoms with E-state index < -0.39 is 24.4 Å². The van der Waals surface area contributed by atoms with Gasteiger partial charge in [-0.1, -0.05) is 30.3 Å². The highest BCUT2D eigenvalue weighted by Crippen LogP contribution is 2.26. The van der Waals surface area contributed by atoms with Crippen molar-refractivity contribution in [2.75, 3.05) is 11.9 Å². The number of hydrogen-bond acceptors (Lipinski definition) is 4. The number of aromatic nitrogens is 1. The van der Waals surface area contributed by atoms with E-state index in [9.17, 15) is 18.8 Å². The molecule has 1 saturated heterocycles. The number of aryl methyl sites for hydroxylation is 2. The van der Waals surface area contributed by atoms with Crippen molar-refractivity contribution in [2.45, 2.75) is 27.4 Å². The molecule has 1 fully saturated rings. The van der Waals surface area contributed by atoms with Crippen molar-refractivity contribution in [3.8, 4) is 11.4 Å². The fraction of sp³-hybridized carbons (Fsp3) is 0.156. The summed E-state index contributed by atoms with van der Waals surface area (Å²) in [5, 5.41) is 5.30. The Morgan fingerprint density at radius 1 is 0.976 bits per heavy atom. The molecule has 2 heterocycles. The maximum absolute atomic E-state index is 13.9. The molecule has 0 saturated carbocycles. The summed E-state index contributed by atoms with van der Waals surface area (Å²) < 4.78 is 21.6. The van der Waals surface area contributed by atoms with Gasteiger partial charge in [0.15, 0.2) is 0 Å². The zero-order valence-electron chi connectivity index (χ0n) is 22.9. The van der Waals surface area contributed by atoms with Crippen LogP contribution >= 0.6 is 0 Å². The van der Waals surface area contributed by atoms with Crippen LogP contribution in [-0.4, -0.2) is 33.9 Å². The number of anilines is 1. The molecule has 0 atom stereocenters. The summed E-state index contributed by atoms with van der Waals surface area (Å²) in [4.78, 5) is 38.9. The van der Waals surface area contributed by atoms with Gasteiger partial charge in [0.05, 0.1) is 0 Å². The lowest BCUT2D eigenvalue weighted by atomic mass is 10.2. The molecule has 4 amide bonds. The zero-order chi connectivity index (χ0) is 29.1. The molecule has 8 nitrogen and oxygen atoms in total. The number of halogens is 1. The topological polar surface area (TPSA) is 92.7 Å². The number of nitrogens with one attached hydrogen (secondary N) is 2. The van der Waals surface area contributed by atoms with Crippen molar-refractivity contribution < 1.29 is 23.5 Å². The fourth-order valence-corrected chi connectivity index (χ4v) is 4.74. The van der Waals surface area contributed by atoms with Crippen molar-refractivity contribution in [3.63, 3.8) is 0 Å². The Bertz CT molecular complexity index is 1670. The first-order valence-electron chi connectivity index (χ1n) is 13.1. The van der Waals surface area contributed by atoms with Gasteiger partial charge in [-0.05, 0) is 86.5 Å². The number of carbonyl (C=O) groups is 3. The molecule has 3 aromatic carbocycles. The number of ether oxygens (including phenoxy) is 1. The molecular formula is C32H29FN4O4. The fourth-order valence-electron chi connectivity index (χ4n) is 4.74. The SMILES string of the molecule is Cc1cccc(NC(=O)CN2C(=O)N/C(=C/c3cc(C)n(-c4ccc(OCc5ccccc5F)cc4)c3C)C2=O)c1. The summed E-state index contributed by atoms with van der Waals surface area (Å²) >= 11 is 0. The highest BCUT2D eigenvalue weighted by Gasteiger charge is 2.35. The lowest BCUT2D eigenvalue weighted by molar-refractivity contribution is -0.127. The van der Waals surface area contributed by atoms with Gasteiger partial charge in [-0.25, -0.2) is 14.1 Å². The molecule has 0 unspecified atom stereocenters. The van der Waals surface area contributed by atoms with E-state index in [1.807, 2.05) is 67.8 Å². The van der Waals surface area contributed by atoms with Crippen LogP contribution < -0.4 is 15.4 Å². The second-order valence-corrected chi connectivity index (χ2v) is 9.83. The van der Waals surface area contributed by atoms with Crippen LogP contribution in [0.1, 0.15) is 28.1 Å². The van der Waals surface area contributed by atoms with E-state index in [1.54, 1.807) is 36.4 Å². The first-order valence-corrected chi connectivity index (χ1v) is 13.1. The first-order chi connectivity index (χ1) is 19.7. The second kappa shape index (κ2) is 11.5. The normalized spacial score (nSPS) is 14.0. The molecule has 1 aliphatic heterocycles. The molecule has 9 heteroatoms. The van der Waals surface area contributed by atoms with Crippen LogP contribution in [0, 0.1) is 26.6 Å². The summed E-state index contributed by atoms with van der Waals surface area (Å²) in [7, 11) is 0. The Morgan fingerprint density at radius 2 is 1.73 bits per heavy atom. The van der Waals surface area contributed by atoms with E-state index in [0.717, 1.165) is 33.1 Å². The van der Waals surface area contributed by atoms with Gasteiger partial charge < -0.3 is 19.9 Å². The standard InChI is InChI=1S/C32H29FN4O4/c1-20-7-6-9-25(15-20)34-30(38)18-36-31(39)29(35-32(36)40)17-24-16-21(2)37(22(24)3)26-11-13-27(14-12-26)41-19-23-8-4-5-10-28(23)33/h4-17H,18-19H2,1-3H3,(H,34,38)(H,35,40)/b29-17+. The number of carbonyl (C=O) groups excluding carboxylic acids is 3. The van der Waals surface area contributed by atoms with Crippen molar-refractivity contribution in [1.82, 2.24) is 14.8 Å². The Labute approximate surface area is 237 Å². The van der Waals surface area contributed by atoms with Crippen LogP contribution in [0.4, 0.5) is 14.9 Å². The Balaban J connectivity index is 1.28. The third kappa shape index (κ3) is 6.04. The third-order valence-electron chi connectivity index (χ3n) is 6.78. The molecule has 41 heavy (non-hydrogen) atoms. The smallest absolute Gasteiger partial charge is 0.329 e. The van der Waals surface area contributed by atoms with Crippen LogP contribution in [0.5, 0.6) is 5.75 Å². The average Bonchev–Trinajstić information content (AvgIpc) is 3.37. The highest BCUT2D eigenvalue weighted by atomic mass is 19.1. The highest BCUT2D eigenvalue weighted by molar-refractivity contribution is 6.16. The lowest BCUT2D eigenvalue weighted by Crippen LogP contribution is -2.38. The number of nitrogens with zero attached hydrogens (tertiary/aromatic N) is 2. The van der Waals surface area contributed by atoms with Gasteiger partial charge >= 0.3 is 6.03 Å². The van der Waals surface area contributed by atoms with Crippen LogP contribution in [0.3, 0.4) is 0 Å². The van der Waals surface area contributed by atoms with Gasteiger partial charge in [-0.2, -0.15) is 0 Å². The van der Waals surface area contributed by atoms with Crippen LogP contribution in [0.25, 0.3) is 11.8 Å². The quantitative estimate of drug-likeness (QED) is 0.218. The van der Waals surface area contributed by atoms with Crippen molar-refractivity contribution in [2.24, 2.45) is 0 Å². The van der Waals surface area contributed by atoms with E-state index in [2.05, 4.69) is 10.6 Å². The van der Waals surface area contributed by atoms with E-state index in [0.29, 0.717) is 17.0 Å². The number of benzene rings is 3. The number of imide groups is 1. The van der Waals surface area contributed by atoms with Crippen LogP contribution in [0.2, 0.25) is 0 Å². The molecular weight excluding hydrogens is 523 g/mol. The van der Waals surface area contributed by atoms with Crippen LogP contribution in [-0.2, 0) is 16.2 Å². The molecule has 0 spiro atoms. The minimum Gasteiger partial charge on any atom is -0.489 e. The summed E-state index contributed by atoms with van der Waals surface area (Å²) in [6.45, 7) is 5.47. The van der Waals surface area contributed by atoms with Gasteiger partial charge in [0, 0.05) is 28.3 Å². The summed E-state index contributed by atoms with van der Waals surface area (Å²) in [6.07, 6.45) is 1.61. The first kappa shape index (κ1) is 27.4. The van der Waals surface area contributed by atoms with Crippen molar-refractivity contribution in [1.29, 1.82) is 0 Å². The van der Waals surface area contributed by atoms with E-state index in [4.69, 9.17) is 4.74 Å². The molecule has 1 aliphatic rings. The number of rotatable bonds is 8. The number of urea groups is 1. The Morgan fingerprint density at radius 3 is 2.46 bits per heavy atom. The van der Waals surface area contributed by atoms with E-state index in [-0.39, 0.29) is 18.1 Å². The molecule has 1 aromatic heterocycles. The minimum atomic E-state index is -0.652. The average molecular weight is 553 g/mol. The summed E-state index contributed by atoms with van der Waals surface area (Å²) in [5.41, 5.74) is 5.53. The Hall–Kier alpha value is -5.18. The third-order valence-corrected chi connectivity index (χ3v) is 6.78. The number of amides is 4. The molecule has 2 N–H and O–H groups in total. The summed E-state index contributed by atoms with van der Waals surface area (Å²) in [5.74, 6) is -0.752. The lowest BCUT2D eigenvalue weighted by Gasteiger charge is -2.12. The van der Waals surface area contributed by atoms with E-state index >= 15 is 0 Å². The van der Waals surface area contributed by atoms with Gasteiger partial charge in [-0.15, -0.1) is 0 Å². The maximum atomic E-state index is 13.9. The van der Waals surface area contributed by atoms with Gasteiger partial charge in [0.2, 0.25) is 5.91 Å². The molecule has 0 radical (unpaired) electrons. The largest absolute Gasteiger partial charge is 0.489 e. The second-order valence-electron chi connectivity index (χ2n) is 9.83. The van der Waals surface area contributed by atoms with Gasteiger partial charge in [-0.3, -0.25) is 9.59 Å². The molecule has 208 valence electrons. The molecule has 5 rings (SSSR count). The Kier molecular flexibility index (Phi) is 7.69. The van der Waals surface area contributed by atoms with Crippen molar-refractivity contribution in [3.05, 3.63) is 118 Å². The minimum absolute atomic E-state index is 0.0931. The van der Waals surface area contributed by atoms with E-state index in [1.165, 1.54) is 6.07 Å². The van der Waals surface area contributed by atoms with Crippen LogP contribution in [0.15, 0.2) is 84.6 Å². The monoisotopic (exact) mass is 552 g/mol. The molecule has 0 bridgehead atoms. The zero-order valence-corrected chi connectivity index (χ0v) is 22.9. The maximum Gasteiger partial charge on any atom is 0.329 e. The predicted molar refractivity (Wildman–Crippen MR) is 154 cm³/mol. The molecule has 4 aromatic rings. The molecule has 0 aliphatic carbocycles. The predicted octanol–water partition coefficient (Wildman–Crippen LogP) is 5.65. The van der Waals surface area contributed by atoms with Gasteiger partial charge in [0.25, 0.3) is 5.91 Å². The summed E-state index contributed by atoms with van der Waals surface area (Å²) in [6, 6.07) is 22.4. The number of hydrogen-bond donors (Lipinski definition) is 2.